The molecule has 2 aliphatic heterocycles. The van der Waals surface area contributed by atoms with Crippen LogP contribution >= 0.6 is 24.0 Å². The number of hydrogen-bond acceptors (Lipinski definition) is 6. The molecule has 0 saturated carbocycles. The first-order valence-electron chi connectivity index (χ1n) is 12.1. The number of hydrogen-bond donors (Lipinski definition) is 0. The molecule has 3 rings (SSSR count). The summed E-state index contributed by atoms with van der Waals surface area (Å²) in [4.78, 5) is 31.0. The Hall–Kier alpha value is -2.11. The van der Waals surface area contributed by atoms with Gasteiger partial charge in [-0.25, -0.2) is 0 Å². The first-order chi connectivity index (χ1) is 15.9. The van der Waals surface area contributed by atoms with E-state index < -0.39 is 0 Å². The molecule has 0 unspecified atom stereocenters. The molecule has 2 aliphatic rings. The molecule has 1 amide bonds. The van der Waals surface area contributed by atoms with Gasteiger partial charge in [-0.3, -0.25) is 19.1 Å². The maximum Gasteiger partial charge on any atom is 0.270 e. The molecule has 33 heavy (non-hydrogen) atoms. The van der Waals surface area contributed by atoms with Crippen LogP contribution in [0.1, 0.15) is 81.9 Å². The molecule has 0 spiro atoms. The zero-order chi connectivity index (χ0) is 24.0. The summed E-state index contributed by atoms with van der Waals surface area (Å²) >= 11 is 6.83. The van der Waals surface area contributed by atoms with Crippen molar-refractivity contribution in [3.63, 3.8) is 0 Å². The smallest absolute Gasteiger partial charge is 0.270 e. The first kappa shape index (κ1) is 25.5. The van der Waals surface area contributed by atoms with E-state index in [2.05, 4.69) is 24.8 Å². The number of carbonyl (C=O) groups excluding carboxylic acids is 1. The van der Waals surface area contributed by atoms with Crippen molar-refractivity contribution < 1.29 is 4.79 Å². The van der Waals surface area contributed by atoms with E-state index in [1.165, 1.54) is 18.2 Å². The summed E-state index contributed by atoms with van der Waals surface area (Å²) in [6, 6.07) is 2.13. The second-order valence-electron chi connectivity index (χ2n) is 8.75. The lowest BCUT2D eigenvalue weighted by Crippen LogP contribution is -2.37. The van der Waals surface area contributed by atoms with Gasteiger partial charge in [0, 0.05) is 31.7 Å². The number of aromatic nitrogens is 1. The topological polar surface area (TPSA) is 69.3 Å². The number of anilines is 1. The van der Waals surface area contributed by atoms with Crippen LogP contribution in [0.3, 0.4) is 0 Å². The molecule has 0 aromatic carbocycles. The number of thiocarbonyl (C=S) groups is 1. The van der Waals surface area contributed by atoms with Crippen LogP contribution in [0.25, 0.3) is 6.08 Å². The van der Waals surface area contributed by atoms with Gasteiger partial charge in [0.2, 0.25) is 0 Å². The van der Waals surface area contributed by atoms with Gasteiger partial charge in [-0.1, -0.05) is 57.1 Å². The van der Waals surface area contributed by atoms with Crippen molar-refractivity contribution in [3.05, 3.63) is 31.9 Å². The number of unbranched alkanes of at least 4 members (excludes halogenated alkanes) is 3. The zero-order valence-electron chi connectivity index (χ0n) is 20.0. The van der Waals surface area contributed by atoms with Crippen molar-refractivity contribution in [1.29, 1.82) is 5.26 Å². The average molecular weight is 487 g/mol. The Morgan fingerprint density at radius 3 is 2.39 bits per heavy atom. The number of pyridine rings is 1. The van der Waals surface area contributed by atoms with Crippen LogP contribution in [-0.4, -0.2) is 39.3 Å². The number of thioether (sulfide) groups is 1. The summed E-state index contributed by atoms with van der Waals surface area (Å²) in [6.45, 7) is 8.99. The minimum atomic E-state index is -0.228. The molecule has 3 heterocycles. The summed E-state index contributed by atoms with van der Waals surface area (Å²) < 4.78 is 2.35. The van der Waals surface area contributed by atoms with E-state index in [0.717, 1.165) is 69.4 Å². The molecule has 6 nitrogen and oxygen atoms in total. The second kappa shape index (κ2) is 11.8. The van der Waals surface area contributed by atoms with E-state index in [4.69, 9.17) is 12.2 Å². The van der Waals surface area contributed by atoms with Gasteiger partial charge < -0.3 is 4.90 Å². The summed E-state index contributed by atoms with van der Waals surface area (Å²) in [6.07, 6.45) is 10.1. The first-order valence-corrected chi connectivity index (χ1v) is 13.3. The predicted molar refractivity (Wildman–Crippen MR) is 141 cm³/mol. The normalized spacial score (nSPS) is 17.8. The standard InChI is InChI=1S/C25H34N4O2S2/c1-4-6-9-15-29-24(31)21(33-25(29)32)16-19-18(3)20(17-26)23(30)28(14-7-5-2)22(19)27-12-10-8-11-13-27/h16H,4-15H2,1-3H3. The Balaban J connectivity index is 2.13. The van der Waals surface area contributed by atoms with E-state index in [0.29, 0.717) is 27.9 Å². The monoisotopic (exact) mass is 486 g/mol. The number of nitriles is 1. The molecule has 0 radical (unpaired) electrons. The molecular weight excluding hydrogens is 452 g/mol. The lowest BCUT2D eigenvalue weighted by molar-refractivity contribution is -0.122. The van der Waals surface area contributed by atoms with Crippen LogP contribution in [0.5, 0.6) is 0 Å². The molecule has 0 N–H and O–H groups in total. The summed E-state index contributed by atoms with van der Waals surface area (Å²) in [5, 5.41) is 9.79. The maximum absolute atomic E-state index is 13.3. The largest absolute Gasteiger partial charge is 0.357 e. The molecule has 2 fully saturated rings. The number of carbonyl (C=O) groups is 1. The fourth-order valence-electron chi connectivity index (χ4n) is 4.46. The average Bonchev–Trinajstić information content (AvgIpc) is 3.08. The second-order valence-corrected chi connectivity index (χ2v) is 10.4. The molecule has 1 aromatic rings. The number of piperidine rings is 1. The fourth-order valence-corrected chi connectivity index (χ4v) is 5.75. The van der Waals surface area contributed by atoms with Crippen molar-refractivity contribution in [2.24, 2.45) is 0 Å². The third kappa shape index (κ3) is 5.52. The van der Waals surface area contributed by atoms with Crippen LogP contribution in [0.4, 0.5) is 5.82 Å². The van der Waals surface area contributed by atoms with Crippen LogP contribution in [0.15, 0.2) is 9.70 Å². The van der Waals surface area contributed by atoms with Crippen molar-refractivity contribution in [1.82, 2.24) is 9.47 Å². The van der Waals surface area contributed by atoms with E-state index in [1.54, 1.807) is 9.47 Å². The molecule has 0 aliphatic carbocycles. The van der Waals surface area contributed by atoms with Gasteiger partial charge in [-0.2, -0.15) is 5.26 Å². The Morgan fingerprint density at radius 1 is 1.06 bits per heavy atom. The molecule has 0 atom stereocenters. The van der Waals surface area contributed by atoms with E-state index >= 15 is 0 Å². The molecule has 178 valence electrons. The van der Waals surface area contributed by atoms with Gasteiger partial charge in [0.25, 0.3) is 11.5 Å². The molecule has 2 saturated heterocycles. The molecule has 8 heteroatoms. The van der Waals surface area contributed by atoms with Gasteiger partial charge >= 0.3 is 0 Å². The summed E-state index contributed by atoms with van der Waals surface area (Å²) in [5.41, 5.74) is 1.38. The molecular formula is C25H34N4O2S2. The third-order valence-corrected chi connectivity index (χ3v) is 7.75. The van der Waals surface area contributed by atoms with Gasteiger partial charge in [-0.15, -0.1) is 0 Å². The highest BCUT2D eigenvalue weighted by molar-refractivity contribution is 8.26. The Morgan fingerprint density at radius 2 is 1.76 bits per heavy atom. The van der Waals surface area contributed by atoms with Crippen molar-refractivity contribution in [2.45, 2.75) is 78.7 Å². The van der Waals surface area contributed by atoms with Crippen molar-refractivity contribution in [3.8, 4) is 6.07 Å². The van der Waals surface area contributed by atoms with Crippen molar-refractivity contribution >= 4 is 46.1 Å². The van der Waals surface area contributed by atoms with Crippen LogP contribution in [0, 0.1) is 18.3 Å². The van der Waals surface area contributed by atoms with Crippen LogP contribution in [-0.2, 0) is 11.3 Å². The maximum atomic E-state index is 13.3. The van der Waals surface area contributed by atoms with E-state index in [1.807, 2.05) is 13.0 Å². The molecule has 1 aromatic heterocycles. The fraction of sp³-hybridized carbons (Fsp3) is 0.600. The Bertz CT molecular complexity index is 1030. The predicted octanol–water partition coefficient (Wildman–Crippen LogP) is 5.21. The van der Waals surface area contributed by atoms with Gasteiger partial charge in [0.05, 0.1) is 4.91 Å². The van der Waals surface area contributed by atoms with E-state index in [-0.39, 0.29) is 17.0 Å². The number of amides is 1. The van der Waals surface area contributed by atoms with Crippen molar-refractivity contribution in [2.75, 3.05) is 24.5 Å². The lowest BCUT2D eigenvalue weighted by atomic mass is 10.0. The summed E-state index contributed by atoms with van der Waals surface area (Å²) in [7, 11) is 0. The lowest BCUT2D eigenvalue weighted by Gasteiger charge is -2.33. The quantitative estimate of drug-likeness (QED) is 0.271. The highest BCUT2D eigenvalue weighted by Gasteiger charge is 2.33. The zero-order valence-corrected chi connectivity index (χ0v) is 21.6. The SMILES string of the molecule is CCCCCN1C(=O)C(=Cc2c(C)c(C#N)c(=O)n(CCCC)c2N2CCCCC2)SC1=S. The van der Waals surface area contributed by atoms with E-state index in [9.17, 15) is 14.9 Å². The minimum Gasteiger partial charge on any atom is -0.357 e. The minimum absolute atomic E-state index is 0.0742. The highest BCUT2D eigenvalue weighted by Crippen LogP contribution is 2.36. The molecule has 0 bridgehead atoms. The Kier molecular flexibility index (Phi) is 9.16. The number of nitrogens with zero attached hydrogens (tertiary/aromatic N) is 4. The number of rotatable bonds is 9. The van der Waals surface area contributed by atoms with Crippen LogP contribution < -0.4 is 10.5 Å². The Labute approximate surface area is 206 Å². The summed E-state index contributed by atoms with van der Waals surface area (Å²) in [5.74, 6) is 0.774. The van der Waals surface area contributed by atoms with Gasteiger partial charge in [0.15, 0.2) is 0 Å². The van der Waals surface area contributed by atoms with Crippen LogP contribution in [0.2, 0.25) is 0 Å². The van der Waals surface area contributed by atoms with Gasteiger partial charge in [0.1, 0.15) is 21.8 Å². The third-order valence-electron chi connectivity index (χ3n) is 6.37. The van der Waals surface area contributed by atoms with Gasteiger partial charge in [-0.05, 0) is 50.7 Å². The highest BCUT2D eigenvalue weighted by atomic mass is 32.2.